The Kier molecular flexibility index (Phi) is 10.8. The summed E-state index contributed by atoms with van der Waals surface area (Å²) in [4.78, 5) is 11.7. The maximum atomic E-state index is 12.7. The Morgan fingerprint density at radius 1 is 0.952 bits per heavy atom. The number of anilines is 1. The third kappa shape index (κ3) is 9.75. The number of ether oxygens (including phenoxy) is 3. The number of hydrogen-bond donors (Lipinski definition) is 5. The second-order valence-corrected chi connectivity index (χ2v) is 9.63. The molecule has 2 heterocycles. The molecule has 0 unspecified atom stereocenters. The van der Waals surface area contributed by atoms with Gasteiger partial charge in [0.25, 0.3) is 5.56 Å². The monoisotopic (exact) mass is 590 g/mol. The highest BCUT2D eigenvalue weighted by atomic mass is 19.4. The first-order chi connectivity index (χ1) is 20.2. The van der Waals surface area contributed by atoms with Crippen molar-refractivity contribution in [3.05, 3.63) is 64.7 Å². The minimum atomic E-state index is -4.82. The molecule has 11 nitrogen and oxygen atoms in total. The van der Waals surface area contributed by atoms with Gasteiger partial charge in [-0.05, 0) is 61.7 Å². The molecule has 0 saturated carbocycles. The lowest BCUT2D eigenvalue weighted by molar-refractivity contribution is -0.274. The lowest BCUT2D eigenvalue weighted by Crippen LogP contribution is -2.19. The molecule has 0 aliphatic rings. The number of aliphatic hydroxyl groups excluding tert-OH is 1. The van der Waals surface area contributed by atoms with Gasteiger partial charge in [-0.2, -0.15) is 10.2 Å². The third-order valence-electron chi connectivity index (χ3n) is 6.00. The minimum Gasteiger partial charge on any atom is -0.491 e. The summed E-state index contributed by atoms with van der Waals surface area (Å²) in [6.45, 7) is 4.01. The van der Waals surface area contributed by atoms with Crippen LogP contribution in [0.25, 0.3) is 22.0 Å². The van der Waals surface area contributed by atoms with Crippen molar-refractivity contribution in [2.24, 2.45) is 0 Å². The largest absolute Gasteiger partial charge is 0.573 e. The first-order valence-electron chi connectivity index (χ1n) is 13.4. The molecule has 42 heavy (non-hydrogen) atoms. The Bertz CT molecular complexity index is 1490. The number of nitrogens with zero attached hydrogens (tertiary/aromatic N) is 2. The van der Waals surface area contributed by atoms with Crippen molar-refractivity contribution in [2.75, 3.05) is 38.2 Å². The number of unbranched alkanes of at least 4 members (excludes halogenated alkanes) is 1. The van der Waals surface area contributed by atoms with Crippen molar-refractivity contribution < 1.29 is 32.5 Å². The zero-order valence-corrected chi connectivity index (χ0v) is 23.0. The van der Waals surface area contributed by atoms with E-state index >= 15 is 0 Å². The molecule has 4 rings (SSSR count). The van der Waals surface area contributed by atoms with Crippen LogP contribution in [0, 0.1) is 0 Å². The molecule has 0 aliphatic heterocycles. The molecule has 0 saturated heterocycles. The summed E-state index contributed by atoms with van der Waals surface area (Å²) in [5.41, 5.74) is 3.47. The lowest BCUT2D eigenvalue weighted by Gasteiger charge is -2.14. The van der Waals surface area contributed by atoms with Crippen molar-refractivity contribution in [1.82, 2.24) is 25.7 Å². The predicted octanol–water partition coefficient (Wildman–Crippen LogP) is 3.97. The van der Waals surface area contributed by atoms with E-state index in [9.17, 15) is 23.1 Å². The number of aliphatic hydroxyl groups is 1. The van der Waals surface area contributed by atoms with Gasteiger partial charge in [0, 0.05) is 48.5 Å². The SMILES string of the molecule is C[C@H](O)COc1cc(CNCCCCOCCNc2cc(-c3cn[nH]c(=O)c3)cc3[nH]ncc23)cc(OC(F)(F)F)c1. The number of fused-ring (bicyclic) bond motifs is 1. The van der Waals surface area contributed by atoms with Crippen LogP contribution in [0.3, 0.4) is 0 Å². The molecule has 0 spiro atoms. The van der Waals surface area contributed by atoms with Gasteiger partial charge in [0.2, 0.25) is 0 Å². The van der Waals surface area contributed by atoms with Crippen LogP contribution in [-0.2, 0) is 11.3 Å². The van der Waals surface area contributed by atoms with Gasteiger partial charge in [-0.1, -0.05) is 0 Å². The number of aromatic amines is 2. The van der Waals surface area contributed by atoms with E-state index < -0.39 is 12.5 Å². The van der Waals surface area contributed by atoms with Crippen molar-refractivity contribution >= 4 is 16.6 Å². The van der Waals surface area contributed by atoms with Gasteiger partial charge >= 0.3 is 6.36 Å². The summed E-state index contributed by atoms with van der Waals surface area (Å²) < 4.78 is 53.2. The number of benzene rings is 2. The van der Waals surface area contributed by atoms with Crippen LogP contribution < -0.4 is 25.7 Å². The van der Waals surface area contributed by atoms with Crippen LogP contribution in [0.15, 0.2) is 53.6 Å². The molecule has 0 radical (unpaired) electrons. The van der Waals surface area contributed by atoms with E-state index in [-0.39, 0.29) is 23.7 Å². The molecular formula is C28H33F3N6O5. The van der Waals surface area contributed by atoms with Crippen molar-refractivity contribution in [3.8, 4) is 22.6 Å². The maximum Gasteiger partial charge on any atom is 0.573 e. The topological polar surface area (TPSA) is 146 Å². The van der Waals surface area contributed by atoms with Crippen LogP contribution in [0.1, 0.15) is 25.3 Å². The number of rotatable bonds is 16. The standard InChI is InChI=1S/C28H33F3N6O5/c1-18(38)17-41-22-8-19(9-23(13-22)42-28(29,30)31)14-32-4-2-3-6-40-7-5-33-25-10-20(11-26-24(25)16-35-36-26)21-12-27(39)37-34-15-21/h8-13,15-16,18,32-33,38H,2-7,14,17H2,1H3,(H,35,36)(H,37,39)/t18-/m0/s1. The fourth-order valence-electron chi connectivity index (χ4n) is 4.17. The van der Waals surface area contributed by atoms with Crippen LogP contribution in [-0.4, -0.2) is 70.9 Å². The van der Waals surface area contributed by atoms with Crippen LogP contribution >= 0.6 is 0 Å². The summed E-state index contributed by atoms with van der Waals surface area (Å²) in [5.74, 6) is -0.194. The highest BCUT2D eigenvalue weighted by Crippen LogP contribution is 2.30. The first kappa shape index (κ1) is 30.8. The summed E-state index contributed by atoms with van der Waals surface area (Å²) in [6.07, 6.45) is -0.662. The summed E-state index contributed by atoms with van der Waals surface area (Å²) in [5, 5.41) is 30.2. The van der Waals surface area contributed by atoms with Gasteiger partial charge in [-0.3, -0.25) is 9.89 Å². The maximum absolute atomic E-state index is 12.7. The average molecular weight is 591 g/mol. The Morgan fingerprint density at radius 3 is 2.55 bits per heavy atom. The van der Waals surface area contributed by atoms with Gasteiger partial charge in [-0.15, -0.1) is 13.2 Å². The van der Waals surface area contributed by atoms with Crippen LogP contribution in [0.2, 0.25) is 0 Å². The van der Waals surface area contributed by atoms with Gasteiger partial charge in [0.15, 0.2) is 0 Å². The normalized spacial score (nSPS) is 12.4. The highest BCUT2D eigenvalue weighted by Gasteiger charge is 2.31. The summed E-state index contributed by atoms with van der Waals surface area (Å²) in [7, 11) is 0. The molecule has 0 bridgehead atoms. The number of alkyl halides is 3. The van der Waals surface area contributed by atoms with Crippen molar-refractivity contribution in [3.63, 3.8) is 0 Å². The molecule has 4 aromatic rings. The van der Waals surface area contributed by atoms with E-state index in [0.717, 1.165) is 41.1 Å². The Balaban J connectivity index is 1.16. The molecule has 0 aliphatic carbocycles. The molecule has 0 amide bonds. The van der Waals surface area contributed by atoms with Gasteiger partial charge in [-0.25, -0.2) is 5.10 Å². The third-order valence-corrected chi connectivity index (χ3v) is 6.00. The number of nitrogens with one attached hydrogen (secondary N) is 4. The number of H-pyrrole nitrogens is 2. The summed E-state index contributed by atoms with van der Waals surface area (Å²) >= 11 is 0. The number of aromatic nitrogens is 4. The first-order valence-corrected chi connectivity index (χ1v) is 13.4. The Labute approximate surface area is 239 Å². The van der Waals surface area contributed by atoms with Gasteiger partial charge < -0.3 is 30.0 Å². The van der Waals surface area contributed by atoms with Crippen LogP contribution in [0.5, 0.6) is 11.5 Å². The fraction of sp³-hybridized carbons (Fsp3) is 0.393. The minimum absolute atomic E-state index is 0.0500. The molecule has 2 aromatic carbocycles. The predicted molar refractivity (Wildman–Crippen MR) is 150 cm³/mol. The molecule has 2 aromatic heterocycles. The van der Waals surface area contributed by atoms with Crippen molar-refractivity contribution in [2.45, 2.75) is 38.8 Å². The second kappa shape index (κ2) is 14.7. The van der Waals surface area contributed by atoms with Gasteiger partial charge in [0.1, 0.15) is 18.1 Å². The molecule has 0 fully saturated rings. The Morgan fingerprint density at radius 2 is 1.76 bits per heavy atom. The fourth-order valence-corrected chi connectivity index (χ4v) is 4.17. The van der Waals surface area contributed by atoms with Gasteiger partial charge in [0.05, 0.1) is 30.6 Å². The van der Waals surface area contributed by atoms with E-state index in [0.29, 0.717) is 44.0 Å². The molecule has 226 valence electrons. The molecule has 14 heteroatoms. The van der Waals surface area contributed by atoms with E-state index in [1.54, 1.807) is 18.5 Å². The summed E-state index contributed by atoms with van der Waals surface area (Å²) in [6, 6.07) is 9.38. The molecular weight excluding hydrogens is 557 g/mol. The van der Waals surface area contributed by atoms with E-state index in [1.165, 1.54) is 19.1 Å². The number of hydrogen-bond acceptors (Lipinski definition) is 9. The van der Waals surface area contributed by atoms with E-state index in [4.69, 9.17) is 9.47 Å². The second-order valence-electron chi connectivity index (χ2n) is 9.63. The zero-order valence-electron chi connectivity index (χ0n) is 23.0. The smallest absolute Gasteiger partial charge is 0.491 e. The number of halogens is 3. The molecule has 1 atom stereocenters. The zero-order chi connectivity index (χ0) is 30.0. The molecule has 5 N–H and O–H groups in total. The lowest BCUT2D eigenvalue weighted by atomic mass is 10.1. The average Bonchev–Trinajstić information content (AvgIpc) is 3.41. The van der Waals surface area contributed by atoms with Crippen LogP contribution in [0.4, 0.5) is 18.9 Å². The van der Waals surface area contributed by atoms with Crippen molar-refractivity contribution in [1.29, 1.82) is 0 Å². The highest BCUT2D eigenvalue weighted by molar-refractivity contribution is 5.95. The van der Waals surface area contributed by atoms with E-state index in [1.807, 2.05) is 12.1 Å². The quantitative estimate of drug-likeness (QED) is 0.122. The van der Waals surface area contributed by atoms with E-state index in [2.05, 4.69) is 35.8 Å². The Hall–Kier alpha value is -4.14.